The highest BCUT2D eigenvalue weighted by atomic mass is 32.1. The lowest BCUT2D eigenvalue weighted by atomic mass is 9.85. The van der Waals surface area contributed by atoms with Crippen molar-refractivity contribution in [2.24, 2.45) is 5.92 Å². The lowest BCUT2D eigenvalue weighted by Crippen LogP contribution is -2.40. The summed E-state index contributed by atoms with van der Waals surface area (Å²) in [6.45, 7) is 0. The third-order valence-electron chi connectivity index (χ3n) is 4.94. The molecule has 1 aromatic heterocycles. The number of carboxylic acid groups (broad SMARTS) is 1. The Kier molecular flexibility index (Phi) is 4.65. The van der Waals surface area contributed by atoms with E-state index in [9.17, 15) is 14.0 Å². The van der Waals surface area contributed by atoms with Crippen LogP contribution < -0.4 is 10.6 Å². The van der Waals surface area contributed by atoms with Crippen LogP contribution in [-0.2, 0) is 4.79 Å². The van der Waals surface area contributed by atoms with Crippen molar-refractivity contribution in [3.63, 3.8) is 0 Å². The first-order valence-corrected chi connectivity index (χ1v) is 9.60. The maximum Gasteiger partial charge on any atom is 0.404 e. The number of nitrogens with zero attached hydrogens (tertiary/aromatic N) is 1. The van der Waals surface area contributed by atoms with Crippen LogP contribution in [0.3, 0.4) is 0 Å². The Morgan fingerprint density at radius 3 is 2.89 bits per heavy atom. The average molecular weight is 387 g/mol. The van der Waals surface area contributed by atoms with Gasteiger partial charge in [0.15, 0.2) is 5.13 Å². The van der Waals surface area contributed by atoms with Crippen molar-refractivity contribution in [1.29, 1.82) is 0 Å². The van der Waals surface area contributed by atoms with Gasteiger partial charge >= 0.3 is 6.09 Å². The predicted molar refractivity (Wildman–Crippen MR) is 103 cm³/mol. The minimum atomic E-state index is -1.06. The molecule has 2 atom stereocenters. The van der Waals surface area contributed by atoms with E-state index in [4.69, 9.17) is 5.11 Å². The molecule has 0 bridgehead atoms. The molecule has 1 aliphatic rings. The molecular weight excluding hydrogens is 369 g/mol. The number of carbonyl (C=O) groups is 2. The van der Waals surface area contributed by atoms with E-state index >= 15 is 0 Å². The smallest absolute Gasteiger partial charge is 0.404 e. The maximum absolute atomic E-state index is 13.4. The molecule has 6 nitrogen and oxygen atoms in total. The zero-order valence-corrected chi connectivity index (χ0v) is 15.2. The van der Waals surface area contributed by atoms with E-state index in [0.717, 1.165) is 40.3 Å². The lowest BCUT2D eigenvalue weighted by molar-refractivity contribution is -0.121. The Morgan fingerprint density at radius 1 is 1.22 bits per heavy atom. The van der Waals surface area contributed by atoms with E-state index in [-0.39, 0.29) is 23.7 Å². The van der Waals surface area contributed by atoms with Crippen LogP contribution >= 0.6 is 11.3 Å². The van der Waals surface area contributed by atoms with Gasteiger partial charge in [-0.15, -0.1) is 0 Å². The molecule has 0 unspecified atom stereocenters. The van der Waals surface area contributed by atoms with Gasteiger partial charge in [-0.25, -0.2) is 14.2 Å². The van der Waals surface area contributed by atoms with E-state index in [1.807, 2.05) is 12.1 Å². The fraction of sp³-hybridized carbons (Fsp3) is 0.316. The third kappa shape index (κ3) is 3.71. The summed E-state index contributed by atoms with van der Waals surface area (Å²) in [6, 6.07) is 8.05. The number of nitrogens with one attached hydrogen (secondary N) is 2. The minimum absolute atomic E-state index is 0.138. The van der Waals surface area contributed by atoms with Gasteiger partial charge in [0.25, 0.3) is 0 Å². The van der Waals surface area contributed by atoms with Gasteiger partial charge in [-0.05, 0) is 48.9 Å². The molecule has 3 aromatic rings. The van der Waals surface area contributed by atoms with Crippen LogP contribution in [0, 0.1) is 11.7 Å². The van der Waals surface area contributed by atoms with E-state index in [0.29, 0.717) is 11.6 Å². The Hall–Kier alpha value is -2.74. The van der Waals surface area contributed by atoms with Gasteiger partial charge in [-0.2, -0.15) is 0 Å². The standard InChI is InChI=1S/C19H18FN3O3S/c20-12-5-6-14-10(8-12)4-7-15-16(14)27-18(22-15)23-17(24)11-2-1-3-13(9-11)21-19(25)26/h4-8,11,13,21H,1-3,9H2,(H,25,26)(H,22,23,24)/t11-,13+/m0/s1. The van der Waals surface area contributed by atoms with Crippen LogP contribution in [0.4, 0.5) is 14.3 Å². The normalized spacial score (nSPS) is 19.9. The topological polar surface area (TPSA) is 91.3 Å². The van der Waals surface area contributed by atoms with E-state index in [2.05, 4.69) is 15.6 Å². The number of rotatable bonds is 3. The highest BCUT2D eigenvalue weighted by Crippen LogP contribution is 2.34. The lowest BCUT2D eigenvalue weighted by Gasteiger charge is -2.27. The summed E-state index contributed by atoms with van der Waals surface area (Å²) in [5, 5.41) is 16.4. The number of halogens is 1. The van der Waals surface area contributed by atoms with Crippen LogP contribution in [0.25, 0.3) is 21.0 Å². The molecule has 0 radical (unpaired) electrons. The number of hydrogen-bond acceptors (Lipinski definition) is 4. The van der Waals surface area contributed by atoms with E-state index in [1.165, 1.54) is 23.5 Å². The summed E-state index contributed by atoms with van der Waals surface area (Å²) in [4.78, 5) is 27.9. The van der Waals surface area contributed by atoms with Crippen LogP contribution in [0.2, 0.25) is 0 Å². The summed E-state index contributed by atoms with van der Waals surface area (Å²) in [5.41, 5.74) is 0.753. The fourth-order valence-corrected chi connectivity index (χ4v) is 4.68. The molecule has 140 valence electrons. The summed E-state index contributed by atoms with van der Waals surface area (Å²) in [7, 11) is 0. The summed E-state index contributed by atoms with van der Waals surface area (Å²) < 4.78 is 14.3. The predicted octanol–water partition coefficient (Wildman–Crippen LogP) is 4.35. The van der Waals surface area contributed by atoms with E-state index < -0.39 is 6.09 Å². The molecule has 2 amide bonds. The molecule has 1 aliphatic carbocycles. The van der Waals surface area contributed by atoms with Crippen molar-refractivity contribution in [3.05, 3.63) is 36.1 Å². The minimum Gasteiger partial charge on any atom is -0.465 e. The van der Waals surface area contributed by atoms with Crippen molar-refractivity contribution in [2.45, 2.75) is 31.7 Å². The molecule has 0 spiro atoms. The second-order valence-corrected chi connectivity index (χ2v) is 7.80. The number of hydrogen-bond donors (Lipinski definition) is 3. The molecule has 8 heteroatoms. The molecule has 1 fully saturated rings. The van der Waals surface area contributed by atoms with Gasteiger partial charge < -0.3 is 15.7 Å². The summed E-state index contributed by atoms with van der Waals surface area (Å²) >= 11 is 1.36. The maximum atomic E-state index is 13.4. The number of carbonyl (C=O) groups excluding carboxylic acids is 1. The third-order valence-corrected chi connectivity index (χ3v) is 5.95. The second-order valence-electron chi connectivity index (χ2n) is 6.80. The number of benzene rings is 2. The van der Waals surface area contributed by atoms with Gasteiger partial charge in [-0.1, -0.05) is 23.8 Å². The first-order valence-electron chi connectivity index (χ1n) is 8.79. The molecule has 0 aliphatic heterocycles. The second kappa shape index (κ2) is 7.11. The van der Waals surface area contributed by atoms with Gasteiger partial charge in [-0.3, -0.25) is 4.79 Å². The number of aromatic nitrogens is 1. The van der Waals surface area contributed by atoms with Gasteiger partial charge in [0.05, 0.1) is 10.2 Å². The van der Waals surface area contributed by atoms with Crippen LogP contribution in [-0.4, -0.2) is 28.1 Å². The van der Waals surface area contributed by atoms with Crippen molar-refractivity contribution in [2.75, 3.05) is 5.32 Å². The summed E-state index contributed by atoms with van der Waals surface area (Å²) in [6.07, 6.45) is 1.72. The van der Waals surface area contributed by atoms with Gasteiger partial charge in [0.1, 0.15) is 5.82 Å². The largest absolute Gasteiger partial charge is 0.465 e. The quantitative estimate of drug-likeness (QED) is 0.623. The molecule has 4 rings (SSSR count). The number of anilines is 1. The van der Waals surface area contributed by atoms with Crippen molar-refractivity contribution < 1.29 is 19.1 Å². The zero-order chi connectivity index (χ0) is 19.0. The average Bonchev–Trinajstić information content (AvgIpc) is 3.03. The van der Waals surface area contributed by atoms with Crippen LogP contribution in [0.5, 0.6) is 0 Å². The molecule has 1 saturated carbocycles. The first kappa shape index (κ1) is 17.7. The van der Waals surface area contributed by atoms with Crippen molar-refractivity contribution >= 4 is 49.5 Å². The van der Waals surface area contributed by atoms with Crippen LogP contribution in [0.15, 0.2) is 30.3 Å². The molecule has 2 aromatic carbocycles. The number of thiazole rings is 1. The molecule has 1 heterocycles. The van der Waals surface area contributed by atoms with Crippen molar-refractivity contribution in [1.82, 2.24) is 10.3 Å². The first-order chi connectivity index (χ1) is 13.0. The molecule has 0 saturated heterocycles. The fourth-order valence-electron chi connectivity index (χ4n) is 3.68. The Bertz CT molecular complexity index is 1040. The summed E-state index contributed by atoms with van der Waals surface area (Å²) in [5.74, 6) is -0.670. The van der Waals surface area contributed by atoms with Crippen molar-refractivity contribution in [3.8, 4) is 0 Å². The van der Waals surface area contributed by atoms with Gasteiger partial charge in [0, 0.05) is 17.3 Å². The molecule has 27 heavy (non-hydrogen) atoms. The Morgan fingerprint density at radius 2 is 2.07 bits per heavy atom. The Labute approximate surface area is 158 Å². The number of fused-ring (bicyclic) bond motifs is 3. The monoisotopic (exact) mass is 387 g/mol. The van der Waals surface area contributed by atoms with Crippen LogP contribution in [0.1, 0.15) is 25.7 Å². The highest BCUT2D eigenvalue weighted by molar-refractivity contribution is 7.23. The number of amides is 2. The highest BCUT2D eigenvalue weighted by Gasteiger charge is 2.28. The Balaban J connectivity index is 1.53. The molecular formula is C19H18FN3O3S. The van der Waals surface area contributed by atoms with E-state index in [1.54, 1.807) is 6.07 Å². The zero-order valence-electron chi connectivity index (χ0n) is 14.4. The SMILES string of the molecule is O=C(O)N[C@@H]1CCC[C@H](C(=O)Nc2nc3ccc4cc(F)ccc4c3s2)C1. The molecule has 3 N–H and O–H groups in total. The van der Waals surface area contributed by atoms with Gasteiger partial charge in [0.2, 0.25) is 5.91 Å².